The van der Waals surface area contributed by atoms with Crippen molar-refractivity contribution < 1.29 is 4.79 Å². The van der Waals surface area contributed by atoms with E-state index in [2.05, 4.69) is 22.4 Å². The zero-order valence-corrected chi connectivity index (χ0v) is 12.3. The van der Waals surface area contributed by atoms with E-state index in [9.17, 15) is 4.79 Å². The summed E-state index contributed by atoms with van der Waals surface area (Å²) >= 11 is 0. The molecule has 21 heavy (non-hydrogen) atoms. The number of nitrogens with one attached hydrogen (secondary N) is 1. The van der Waals surface area contributed by atoms with Gasteiger partial charge in [0, 0.05) is 17.6 Å². The fourth-order valence-electron chi connectivity index (χ4n) is 3.26. The largest absolute Gasteiger partial charge is 0.325 e. The molecule has 3 rings (SSSR count). The maximum atomic E-state index is 12.9. The Hall–Kier alpha value is -2.16. The summed E-state index contributed by atoms with van der Waals surface area (Å²) in [4.78, 5) is 17.1. The summed E-state index contributed by atoms with van der Waals surface area (Å²) in [5, 5.41) is 3.09. The van der Waals surface area contributed by atoms with Crippen molar-refractivity contribution in [3.05, 3.63) is 59.9 Å². The van der Waals surface area contributed by atoms with Gasteiger partial charge in [-0.2, -0.15) is 0 Å². The molecule has 1 amide bonds. The minimum atomic E-state index is -0.377. The Kier molecular flexibility index (Phi) is 3.74. The molecule has 1 N–H and O–H groups in total. The second kappa shape index (κ2) is 5.68. The molecule has 0 radical (unpaired) electrons. The van der Waals surface area contributed by atoms with Crippen LogP contribution < -0.4 is 5.32 Å². The highest BCUT2D eigenvalue weighted by Gasteiger charge is 2.42. The van der Waals surface area contributed by atoms with Crippen molar-refractivity contribution in [1.29, 1.82) is 0 Å². The number of aryl methyl sites for hydroxylation is 1. The molecule has 0 saturated heterocycles. The van der Waals surface area contributed by atoms with Gasteiger partial charge in [-0.3, -0.25) is 9.78 Å². The van der Waals surface area contributed by atoms with Gasteiger partial charge in [0.2, 0.25) is 5.91 Å². The van der Waals surface area contributed by atoms with Crippen LogP contribution in [0.5, 0.6) is 0 Å². The molecule has 1 aromatic carbocycles. The smallest absolute Gasteiger partial charge is 0.235 e. The average Bonchev–Trinajstić information content (AvgIpc) is 2.99. The third-order valence-electron chi connectivity index (χ3n) is 4.37. The van der Waals surface area contributed by atoms with Gasteiger partial charge in [-0.05, 0) is 37.5 Å². The standard InChI is InChI=1S/C18H20N2O/c1-14-13-16(9-12-19-14)20-17(21)18(10-5-6-11-18)15-7-3-2-4-8-15/h2-4,7-9,12-13H,5-6,10-11H2,1H3,(H,19,20,21). The number of pyridine rings is 1. The minimum absolute atomic E-state index is 0.108. The molecule has 0 atom stereocenters. The van der Waals surface area contributed by atoms with E-state index in [1.54, 1.807) is 6.20 Å². The first-order chi connectivity index (χ1) is 10.2. The second-order valence-electron chi connectivity index (χ2n) is 5.80. The molecule has 0 spiro atoms. The van der Waals surface area contributed by atoms with Crippen LogP contribution in [0.1, 0.15) is 36.9 Å². The van der Waals surface area contributed by atoms with Crippen molar-refractivity contribution in [1.82, 2.24) is 4.98 Å². The molecule has 3 heteroatoms. The Morgan fingerprint density at radius 1 is 1.14 bits per heavy atom. The lowest BCUT2D eigenvalue weighted by Crippen LogP contribution is -2.37. The average molecular weight is 280 g/mol. The van der Waals surface area contributed by atoms with Gasteiger partial charge in [0.15, 0.2) is 0 Å². The zero-order valence-electron chi connectivity index (χ0n) is 12.3. The summed E-state index contributed by atoms with van der Waals surface area (Å²) in [7, 11) is 0. The first-order valence-corrected chi connectivity index (χ1v) is 7.50. The SMILES string of the molecule is Cc1cc(NC(=O)C2(c3ccccc3)CCCC2)ccn1. The van der Waals surface area contributed by atoms with E-state index in [0.29, 0.717) is 0 Å². The van der Waals surface area contributed by atoms with Crippen LogP contribution in [0.25, 0.3) is 0 Å². The Morgan fingerprint density at radius 2 is 1.86 bits per heavy atom. The summed E-state index contributed by atoms with van der Waals surface area (Å²) in [6, 6.07) is 13.9. The second-order valence-corrected chi connectivity index (χ2v) is 5.80. The predicted molar refractivity (Wildman–Crippen MR) is 84.2 cm³/mol. The van der Waals surface area contributed by atoms with Gasteiger partial charge in [0.05, 0.1) is 5.41 Å². The molecular formula is C18H20N2O. The maximum Gasteiger partial charge on any atom is 0.235 e. The van der Waals surface area contributed by atoms with Crippen molar-refractivity contribution in [2.75, 3.05) is 5.32 Å². The number of amides is 1. The molecule has 3 nitrogen and oxygen atoms in total. The number of carbonyl (C=O) groups is 1. The highest BCUT2D eigenvalue weighted by atomic mass is 16.2. The number of carbonyl (C=O) groups excluding carboxylic acids is 1. The molecule has 0 unspecified atom stereocenters. The van der Waals surface area contributed by atoms with Crippen molar-refractivity contribution >= 4 is 11.6 Å². The fraction of sp³-hybridized carbons (Fsp3) is 0.333. The van der Waals surface area contributed by atoms with E-state index >= 15 is 0 Å². The molecule has 1 saturated carbocycles. The fourth-order valence-corrected chi connectivity index (χ4v) is 3.26. The first kappa shape index (κ1) is 13.8. The Bertz CT molecular complexity index is 631. The summed E-state index contributed by atoms with van der Waals surface area (Å²) in [6.45, 7) is 1.93. The van der Waals surface area contributed by atoms with Gasteiger partial charge in [-0.25, -0.2) is 0 Å². The summed E-state index contributed by atoms with van der Waals surface area (Å²) in [5.41, 5.74) is 2.49. The Labute approximate surface area is 125 Å². The van der Waals surface area contributed by atoms with Crippen LogP contribution in [0.3, 0.4) is 0 Å². The normalized spacial score (nSPS) is 16.6. The molecule has 1 fully saturated rings. The number of rotatable bonds is 3. The topological polar surface area (TPSA) is 42.0 Å². The third-order valence-corrected chi connectivity index (χ3v) is 4.37. The van der Waals surface area contributed by atoms with E-state index in [1.807, 2.05) is 37.3 Å². The minimum Gasteiger partial charge on any atom is -0.325 e. The molecule has 2 aromatic rings. The van der Waals surface area contributed by atoms with Gasteiger partial charge in [-0.1, -0.05) is 43.2 Å². The van der Waals surface area contributed by atoms with Gasteiger partial charge in [0.1, 0.15) is 0 Å². The molecular weight excluding hydrogens is 260 g/mol. The van der Waals surface area contributed by atoms with Crippen LogP contribution in [-0.2, 0) is 10.2 Å². The number of benzene rings is 1. The molecule has 1 aliphatic carbocycles. The van der Waals surface area contributed by atoms with Crippen molar-refractivity contribution in [2.45, 2.75) is 38.0 Å². The van der Waals surface area contributed by atoms with Crippen LogP contribution in [0, 0.1) is 6.92 Å². The van der Waals surface area contributed by atoms with Crippen LogP contribution in [0.2, 0.25) is 0 Å². The molecule has 0 bridgehead atoms. The number of nitrogens with zero attached hydrogens (tertiary/aromatic N) is 1. The predicted octanol–water partition coefficient (Wildman–Crippen LogP) is 3.84. The Morgan fingerprint density at radius 3 is 2.52 bits per heavy atom. The molecule has 108 valence electrons. The monoisotopic (exact) mass is 280 g/mol. The van der Waals surface area contributed by atoms with E-state index in [4.69, 9.17) is 0 Å². The van der Waals surface area contributed by atoms with Crippen molar-refractivity contribution in [3.8, 4) is 0 Å². The highest BCUT2D eigenvalue weighted by molar-refractivity contribution is 5.99. The zero-order chi connectivity index (χ0) is 14.7. The van der Waals surface area contributed by atoms with Gasteiger partial charge >= 0.3 is 0 Å². The van der Waals surface area contributed by atoms with Crippen LogP contribution in [0.4, 0.5) is 5.69 Å². The number of anilines is 1. The number of hydrogen-bond acceptors (Lipinski definition) is 2. The van der Waals surface area contributed by atoms with Gasteiger partial charge < -0.3 is 5.32 Å². The van der Waals surface area contributed by atoms with Crippen LogP contribution >= 0.6 is 0 Å². The van der Waals surface area contributed by atoms with Crippen LogP contribution in [0.15, 0.2) is 48.7 Å². The van der Waals surface area contributed by atoms with E-state index in [-0.39, 0.29) is 11.3 Å². The molecule has 0 aliphatic heterocycles. The number of hydrogen-bond donors (Lipinski definition) is 1. The molecule has 1 aromatic heterocycles. The Balaban J connectivity index is 1.89. The first-order valence-electron chi connectivity index (χ1n) is 7.50. The lowest BCUT2D eigenvalue weighted by Gasteiger charge is -2.28. The maximum absolute atomic E-state index is 12.9. The van der Waals surface area contributed by atoms with E-state index in [1.165, 1.54) is 0 Å². The molecule has 1 aliphatic rings. The summed E-state index contributed by atoms with van der Waals surface area (Å²) in [6.07, 6.45) is 5.80. The lowest BCUT2D eigenvalue weighted by atomic mass is 9.78. The van der Waals surface area contributed by atoms with Crippen LogP contribution in [-0.4, -0.2) is 10.9 Å². The quantitative estimate of drug-likeness (QED) is 0.928. The van der Waals surface area contributed by atoms with Gasteiger partial charge in [0.25, 0.3) is 0 Å². The molecule has 1 heterocycles. The summed E-state index contributed by atoms with van der Waals surface area (Å²) < 4.78 is 0. The lowest BCUT2D eigenvalue weighted by molar-refractivity contribution is -0.121. The van der Waals surface area contributed by atoms with E-state index < -0.39 is 0 Å². The number of aromatic nitrogens is 1. The summed E-state index contributed by atoms with van der Waals surface area (Å²) in [5.74, 6) is 0.108. The van der Waals surface area contributed by atoms with E-state index in [0.717, 1.165) is 42.6 Å². The third kappa shape index (κ3) is 2.68. The van der Waals surface area contributed by atoms with Crippen molar-refractivity contribution in [2.24, 2.45) is 0 Å². The van der Waals surface area contributed by atoms with Gasteiger partial charge in [-0.15, -0.1) is 0 Å². The van der Waals surface area contributed by atoms with Crippen molar-refractivity contribution in [3.63, 3.8) is 0 Å². The highest BCUT2D eigenvalue weighted by Crippen LogP contribution is 2.41.